The Kier molecular flexibility index (Phi) is 3.01. The first-order valence-corrected chi connectivity index (χ1v) is 3.98. The molecule has 0 N–H and O–H groups in total. The number of carbonyl (C=O) groups excluding carboxylic acids is 1. The van der Waals surface area contributed by atoms with Crippen molar-refractivity contribution in [1.82, 2.24) is 4.98 Å². The average Bonchev–Trinajstić information content (AvgIpc) is 2.16. The second-order valence-electron chi connectivity index (χ2n) is 2.89. The second-order valence-corrected chi connectivity index (χ2v) is 2.89. The van der Waals surface area contributed by atoms with Crippen LogP contribution in [0.25, 0.3) is 0 Å². The van der Waals surface area contributed by atoms with Gasteiger partial charge >= 0.3 is 5.97 Å². The van der Waals surface area contributed by atoms with Crippen molar-refractivity contribution in [1.29, 1.82) is 0 Å². The van der Waals surface area contributed by atoms with Crippen molar-refractivity contribution in [2.75, 3.05) is 26.1 Å². The predicted octanol–water partition coefficient (Wildman–Crippen LogP) is 1.07. The quantitative estimate of drug-likeness (QED) is 0.526. The molecule has 0 aliphatic carbocycles. The fourth-order valence-electron chi connectivity index (χ4n) is 1.04. The lowest BCUT2D eigenvalue weighted by molar-refractivity contribution is 0.0601. The van der Waals surface area contributed by atoms with E-state index in [4.69, 9.17) is 0 Å². The molecule has 0 unspecified atom stereocenters. The van der Waals surface area contributed by atoms with Crippen LogP contribution < -0.4 is 4.90 Å². The van der Waals surface area contributed by atoms with E-state index in [0.29, 0.717) is 0 Å². The number of carbonyl (C=O) groups is 1. The summed E-state index contributed by atoms with van der Waals surface area (Å²) in [5.74, 6) is -0.889. The number of rotatable bonds is 2. The summed E-state index contributed by atoms with van der Waals surface area (Å²) in [6.07, 6.45) is 0. The van der Waals surface area contributed by atoms with Gasteiger partial charge in [-0.2, -0.15) is 4.39 Å². The zero-order valence-electron chi connectivity index (χ0n) is 8.24. The SMILES string of the molecule is COC(=O)c1ccc(F)nc1N(C)C. The molecule has 0 spiro atoms. The minimum absolute atomic E-state index is 0.249. The van der Waals surface area contributed by atoms with Crippen molar-refractivity contribution in [3.63, 3.8) is 0 Å². The molecule has 0 aliphatic heterocycles. The Morgan fingerprint density at radius 2 is 2.14 bits per heavy atom. The van der Waals surface area contributed by atoms with Crippen LogP contribution in [0.5, 0.6) is 0 Å². The van der Waals surface area contributed by atoms with Gasteiger partial charge in [0.15, 0.2) is 0 Å². The highest BCUT2D eigenvalue weighted by Crippen LogP contribution is 2.16. The molecule has 0 bridgehead atoms. The van der Waals surface area contributed by atoms with E-state index in [2.05, 4.69) is 9.72 Å². The van der Waals surface area contributed by atoms with E-state index in [9.17, 15) is 9.18 Å². The van der Waals surface area contributed by atoms with Gasteiger partial charge in [0, 0.05) is 14.1 Å². The van der Waals surface area contributed by atoms with Crippen molar-refractivity contribution < 1.29 is 13.9 Å². The van der Waals surface area contributed by atoms with Crippen molar-refractivity contribution in [3.05, 3.63) is 23.6 Å². The summed E-state index contributed by atoms with van der Waals surface area (Å²) < 4.78 is 17.3. The van der Waals surface area contributed by atoms with Gasteiger partial charge in [-0.05, 0) is 12.1 Å². The number of methoxy groups -OCH3 is 1. The summed E-state index contributed by atoms with van der Waals surface area (Å²) in [4.78, 5) is 16.4. The summed E-state index contributed by atoms with van der Waals surface area (Å²) in [5.41, 5.74) is 0.249. The summed E-state index contributed by atoms with van der Waals surface area (Å²) in [6, 6.07) is 2.47. The molecule has 76 valence electrons. The maximum Gasteiger partial charge on any atom is 0.341 e. The highest BCUT2D eigenvalue weighted by molar-refractivity contribution is 5.94. The molecule has 0 aliphatic rings. The predicted molar refractivity (Wildman–Crippen MR) is 49.9 cm³/mol. The Labute approximate surface area is 81.3 Å². The average molecular weight is 198 g/mol. The topological polar surface area (TPSA) is 42.4 Å². The number of pyridine rings is 1. The van der Waals surface area contributed by atoms with Crippen molar-refractivity contribution in [2.45, 2.75) is 0 Å². The van der Waals surface area contributed by atoms with E-state index in [1.165, 1.54) is 13.2 Å². The monoisotopic (exact) mass is 198 g/mol. The minimum Gasteiger partial charge on any atom is -0.465 e. The van der Waals surface area contributed by atoms with Crippen LogP contribution in [0.2, 0.25) is 0 Å². The zero-order valence-corrected chi connectivity index (χ0v) is 8.24. The van der Waals surface area contributed by atoms with Crippen LogP contribution in [0.3, 0.4) is 0 Å². The Hall–Kier alpha value is -1.65. The number of esters is 1. The number of hydrogen-bond donors (Lipinski definition) is 0. The molecule has 0 atom stereocenters. The number of aromatic nitrogens is 1. The highest BCUT2D eigenvalue weighted by Gasteiger charge is 2.15. The molecule has 0 saturated carbocycles. The van der Waals surface area contributed by atoms with Gasteiger partial charge in [0.2, 0.25) is 5.95 Å². The van der Waals surface area contributed by atoms with Crippen LogP contribution in [0.1, 0.15) is 10.4 Å². The van der Waals surface area contributed by atoms with Crippen LogP contribution >= 0.6 is 0 Å². The van der Waals surface area contributed by atoms with Gasteiger partial charge in [-0.1, -0.05) is 0 Å². The number of anilines is 1. The maximum absolute atomic E-state index is 12.8. The standard InChI is InChI=1S/C9H11FN2O2/c1-12(2)8-6(9(13)14-3)4-5-7(10)11-8/h4-5H,1-3H3. The molecule has 1 rings (SSSR count). The smallest absolute Gasteiger partial charge is 0.341 e. The van der Waals surface area contributed by atoms with Gasteiger partial charge < -0.3 is 9.64 Å². The van der Waals surface area contributed by atoms with Crippen LogP contribution in [0.4, 0.5) is 10.2 Å². The first-order chi connectivity index (χ1) is 6.56. The summed E-state index contributed by atoms with van der Waals surface area (Å²) in [6.45, 7) is 0. The third kappa shape index (κ3) is 1.99. The lowest BCUT2D eigenvalue weighted by Gasteiger charge is -2.14. The molecule has 14 heavy (non-hydrogen) atoms. The van der Waals surface area contributed by atoms with Crippen LogP contribution in [0.15, 0.2) is 12.1 Å². The summed E-state index contributed by atoms with van der Waals surface area (Å²) >= 11 is 0. The van der Waals surface area contributed by atoms with E-state index in [1.807, 2.05) is 0 Å². The number of ether oxygens (including phenoxy) is 1. The minimum atomic E-state index is -0.624. The lowest BCUT2D eigenvalue weighted by atomic mass is 10.2. The Morgan fingerprint density at radius 1 is 1.50 bits per heavy atom. The van der Waals surface area contributed by atoms with Crippen LogP contribution in [-0.4, -0.2) is 32.2 Å². The van der Waals surface area contributed by atoms with Gasteiger partial charge in [0.25, 0.3) is 0 Å². The number of nitrogens with zero attached hydrogens (tertiary/aromatic N) is 2. The Balaban J connectivity index is 3.21. The third-order valence-electron chi connectivity index (χ3n) is 1.67. The Morgan fingerprint density at radius 3 is 2.64 bits per heavy atom. The maximum atomic E-state index is 12.8. The Bertz CT molecular complexity index is 353. The molecule has 1 aromatic heterocycles. The highest BCUT2D eigenvalue weighted by atomic mass is 19.1. The molecular weight excluding hydrogens is 187 g/mol. The molecule has 4 nitrogen and oxygen atoms in total. The summed E-state index contributed by atoms with van der Waals surface area (Å²) in [5, 5.41) is 0. The molecule has 5 heteroatoms. The van der Waals surface area contributed by atoms with Crippen molar-refractivity contribution in [2.24, 2.45) is 0 Å². The molecule has 0 fully saturated rings. The molecular formula is C9H11FN2O2. The van der Waals surface area contributed by atoms with E-state index in [1.54, 1.807) is 19.0 Å². The number of hydrogen-bond acceptors (Lipinski definition) is 4. The first kappa shape index (κ1) is 10.4. The van der Waals surface area contributed by atoms with Crippen LogP contribution in [-0.2, 0) is 4.74 Å². The van der Waals surface area contributed by atoms with Gasteiger partial charge in [-0.3, -0.25) is 0 Å². The van der Waals surface area contributed by atoms with Gasteiger partial charge in [-0.15, -0.1) is 0 Å². The lowest BCUT2D eigenvalue weighted by Crippen LogP contribution is -2.17. The second kappa shape index (κ2) is 4.04. The van der Waals surface area contributed by atoms with Gasteiger partial charge in [0.1, 0.15) is 11.4 Å². The van der Waals surface area contributed by atoms with Crippen molar-refractivity contribution in [3.8, 4) is 0 Å². The molecule has 0 radical (unpaired) electrons. The third-order valence-corrected chi connectivity index (χ3v) is 1.67. The van der Waals surface area contributed by atoms with Gasteiger partial charge in [-0.25, -0.2) is 9.78 Å². The normalized spacial score (nSPS) is 9.71. The molecule has 0 aromatic carbocycles. The van der Waals surface area contributed by atoms with E-state index in [-0.39, 0.29) is 11.4 Å². The largest absolute Gasteiger partial charge is 0.465 e. The van der Waals surface area contributed by atoms with Gasteiger partial charge in [0.05, 0.1) is 7.11 Å². The molecule has 0 saturated heterocycles. The van der Waals surface area contributed by atoms with E-state index >= 15 is 0 Å². The van der Waals surface area contributed by atoms with Crippen molar-refractivity contribution >= 4 is 11.8 Å². The van der Waals surface area contributed by atoms with Crippen LogP contribution in [0, 0.1) is 5.95 Å². The fraction of sp³-hybridized carbons (Fsp3) is 0.333. The van der Waals surface area contributed by atoms with E-state index in [0.717, 1.165) is 6.07 Å². The molecule has 0 amide bonds. The summed E-state index contributed by atoms with van der Waals surface area (Å²) in [7, 11) is 4.62. The molecule has 1 heterocycles. The fourth-order valence-corrected chi connectivity index (χ4v) is 1.04. The molecule has 1 aromatic rings. The number of halogens is 1. The zero-order chi connectivity index (χ0) is 10.7. The first-order valence-electron chi connectivity index (χ1n) is 3.98. The van der Waals surface area contributed by atoms with E-state index < -0.39 is 11.9 Å².